The summed E-state index contributed by atoms with van der Waals surface area (Å²) >= 11 is 0.703. The molecule has 3 fully saturated rings. The second kappa shape index (κ2) is 6.97. The monoisotopic (exact) mass is 484 g/mol. The Labute approximate surface area is 195 Å². The third-order valence-corrected chi connectivity index (χ3v) is 9.85. The van der Waals surface area contributed by atoms with Crippen molar-refractivity contribution in [1.82, 2.24) is 0 Å². The van der Waals surface area contributed by atoms with Crippen molar-refractivity contribution < 1.29 is 38.1 Å². The van der Waals surface area contributed by atoms with Gasteiger partial charge in [-0.2, -0.15) is 0 Å². The number of ether oxygens (including phenoxy) is 2. The van der Waals surface area contributed by atoms with E-state index in [1.54, 1.807) is 27.7 Å². The van der Waals surface area contributed by atoms with E-state index in [1.165, 1.54) is 12.2 Å². The van der Waals surface area contributed by atoms with Gasteiger partial charge >= 0.3 is 0 Å². The maximum atomic E-state index is 17.2. The van der Waals surface area contributed by atoms with Gasteiger partial charge < -0.3 is 19.7 Å². The molecule has 8 atom stereocenters. The van der Waals surface area contributed by atoms with Gasteiger partial charge in [-0.05, 0) is 51.2 Å². The van der Waals surface area contributed by atoms with Crippen LogP contribution < -0.4 is 0 Å². The summed E-state index contributed by atoms with van der Waals surface area (Å²) < 4.78 is 45.1. The summed E-state index contributed by atoms with van der Waals surface area (Å²) in [4.78, 5) is 25.4. The molecule has 4 unspecified atom stereocenters. The molecule has 0 bridgehead atoms. The predicted molar refractivity (Wildman–Crippen MR) is 116 cm³/mol. The summed E-state index contributed by atoms with van der Waals surface area (Å²) in [5.41, 5.74) is -6.14. The zero-order valence-corrected chi connectivity index (χ0v) is 20.0. The van der Waals surface area contributed by atoms with Crippen molar-refractivity contribution in [3.05, 3.63) is 23.6 Å². The Morgan fingerprint density at radius 2 is 1.97 bits per heavy atom. The van der Waals surface area contributed by atoms with E-state index in [4.69, 9.17) is 9.47 Å². The zero-order valence-electron chi connectivity index (χ0n) is 19.2. The van der Waals surface area contributed by atoms with Crippen molar-refractivity contribution >= 4 is 22.7 Å². The van der Waals surface area contributed by atoms with Gasteiger partial charge in [0, 0.05) is 29.6 Å². The fraction of sp³-hybridized carbons (Fsp3) is 0.750. The minimum absolute atomic E-state index is 0.0926. The van der Waals surface area contributed by atoms with Crippen LogP contribution in [0.2, 0.25) is 0 Å². The van der Waals surface area contributed by atoms with Crippen molar-refractivity contribution in [2.75, 3.05) is 5.94 Å². The molecule has 1 heterocycles. The Hall–Kier alpha value is -1.13. The number of aliphatic hydroxyl groups excluding tert-OH is 2. The molecule has 0 aromatic heterocycles. The molecule has 33 heavy (non-hydrogen) atoms. The van der Waals surface area contributed by atoms with Crippen LogP contribution in [0.4, 0.5) is 8.78 Å². The lowest BCUT2D eigenvalue weighted by atomic mass is 9.45. The number of aliphatic hydroxyl groups is 2. The molecule has 4 aliphatic carbocycles. The van der Waals surface area contributed by atoms with Gasteiger partial charge in [-0.15, -0.1) is 0 Å². The fourth-order valence-electron chi connectivity index (χ4n) is 7.79. The molecule has 1 aliphatic heterocycles. The summed E-state index contributed by atoms with van der Waals surface area (Å²) in [6.07, 6.45) is 0.158. The van der Waals surface area contributed by atoms with Crippen LogP contribution in [0.25, 0.3) is 0 Å². The van der Waals surface area contributed by atoms with E-state index >= 15 is 8.78 Å². The normalized spacial score (nSPS) is 50.0. The first-order valence-electron chi connectivity index (χ1n) is 11.4. The van der Waals surface area contributed by atoms with E-state index < -0.39 is 68.8 Å². The topological polar surface area (TPSA) is 93.1 Å². The van der Waals surface area contributed by atoms with Gasteiger partial charge in [-0.25, -0.2) is 8.78 Å². The molecule has 182 valence electrons. The van der Waals surface area contributed by atoms with E-state index in [-0.39, 0.29) is 37.0 Å². The molecule has 1 saturated heterocycles. The number of alkyl halides is 1. The van der Waals surface area contributed by atoms with Gasteiger partial charge in [0.1, 0.15) is 5.83 Å². The average molecular weight is 485 g/mol. The predicted octanol–water partition coefficient (Wildman–Crippen LogP) is 3.36. The van der Waals surface area contributed by atoms with Gasteiger partial charge in [0.25, 0.3) is 0 Å². The second-order valence-corrected chi connectivity index (χ2v) is 11.9. The third kappa shape index (κ3) is 2.69. The molecule has 6 nitrogen and oxygen atoms in total. The number of fused-ring (bicyclic) bond motifs is 7. The number of halogens is 2. The molecular formula is C24H30F2O6S. The lowest BCUT2D eigenvalue weighted by molar-refractivity contribution is -0.241. The maximum Gasteiger partial charge on any atom is 0.226 e. The SMILES string of the molecule is CC1(C)O[C@@H]2CC3C4CC(F)=C5CC(=O)C=CC5(C)[C@@]4(F)[C@@H](O)CC3(C)[C@]2(C(=O)SCO)O1. The summed E-state index contributed by atoms with van der Waals surface area (Å²) in [5, 5.41) is 20.4. The Bertz CT molecular complexity index is 995. The van der Waals surface area contributed by atoms with Crippen molar-refractivity contribution in [1.29, 1.82) is 0 Å². The number of carbonyl (C=O) groups excluding carboxylic acids is 2. The van der Waals surface area contributed by atoms with Crippen LogP contribution in [0.5, 0.6) is 0 Å². The lowest BCUT2D eigenvalue weighted by Gasteiger charge is -2.62. The number of thioether (sulfide) groups is 1. The highest BCUT2D eigenvalue weighted by Gasteiger charge is 2.80. The Balaban J connectivity index is 1.66. The first-order valence-corrected chi connectivity index (χ1v) is 12.4. The van der Waals surface area contributed by atoms with E-state index in [9.17, 15) is 19.8 Å². The van der Waals surface area contributed by atoms with Crippen LogP contribution in [0.15, 0.2) is 23.6 Å². The zero-order chi connectivity index (χ0) is 24.2. The molecule has 0 spiro atoms. The van der Waals surface area contributed by atoms with Crippen LogP contribution in [0.3, 0.4) is 0 Å². The molecule has 2 saturated carbocycles. The van der Waals surface area contributed by atoms with E-state index in [0.29, 0.717) is 11.8 Å². The number of hydrogen-bond donors (Lipinski definition) is 2. The smallest absolute Gasteiger partial charge is 0.226 e. The first kappa shape index (κ1) is 23.6. The Morgan fingerprint density at radius 3 is 2.64 bits per heavy atom. The summed E-state index contributed by atoms with van der Waals surface area (Å²) in [6, 6.07) is 0. The molecule has 0 amide bonds. The van der Waals surface area contributed by atoms with Crippen LogP contribution in [-0.4, -0.2) is 56.3 Å². The molecule has 2 N–H and O–H groups in total. The molecule has 0 radical (unpaired) electrons. The second-order valence-electron chi connectivity index (χ2n) is 11.0. The van der Waals surface area contributed by atoms with E-state index in [1.807, 2.05) is 0 Å². The van der Waals surface area contributed by atoms with Gasteiger partial charge in [-0.1, -0.05) is 24.8 Å². The highest BCUT2D eigenvalue weighted by atomic mass is 32.2. The largest absolute Gasteiger partial charge is 0.390 e. The summed E-state index contributed by atoms with van der Waals surface area (Å²) in [7, 11) is 0. The van der Waals surface area contributed by atoms with Crippen molar-refractivity contribution in [3.8, 4) is 0 Å². The van der Waals surface area contributed by atoms with Gasteiger partial charge in [-0.3, -0.25) is 9.59 Å². The van der Waals surface area contributed by atoms with Crippen LogP contribution in [0, 0.1) is 22.7 Å². The molecule has 5 aliphatic rings. The molecule has 5 rings (SSSR count). The number of rotatable bonds is 2. The molecular weight excluding hydrogens is 454 g/mol. The highest BCUT2D eigenvalue weighted by Crippen LogP contribution is 2.73. The maximum absolute atomic E-state index is 17.2. The number of hydrogen-bond acceptors (Lipinski definition) is 7. The standard InChI is InChI=1S/C24H30F2O6S/c1-20(2)31-18-9-13-14-8-16(25)15-7-12(28)5-6-21(15,3)23(14,26)17(29)10-22(13,4)24(18,32-20)19(30)33-11-27/h5-6,13-14,17-18,27,29H,7-11H2,1-4H3/t13?,14?,17-,18+,21?,22?,23-,24-/m0/s1. The Morgan fingerprint density at radius 1 is 1.27 bits per heavy atom. The molecule has 9 heteroatoms. The fourth-order valence-corrected chi connectivity index (χ4v) is 8.53. The van der Waals surface area contributed by atoms with Crippen molar-refractivity contribution in [2.45, 2.75) is 82.6 Å². The molecule has 0 aromatic rings. The third-order valence-electron chi connectivity index (χ3n) is 9.15. The van der Waals surface area contributed by atoms with Crippen LogP contribution >= 0.6 is 11.8 Å². The number of ketones is 1. The van der Waals surface area contributed by atoms with Crippen molar-refractivity contribution in [3.63, 3.8) is 0 Å². The summed E-state index contributed by atoms with van der Waals surface area (Å²) in [5.74, 6) is -3.81. The Kier molecular flexibility index (Phi) is 4.98. The van der Waals surface area contributed by atoms with Crippen LogP contribution in [-0.2, 0) is 19.1 Å². The minimum atomic E-state index is -2.22. The van der Waals surface area contributed by atoms with E-state index in [2.05, 4.69) is 0 Å². The lowest BCUT2D eigenvalue weighted by Crippen LogP contribution is -2.69. The highest BCUT2D eigenvalue weighted by molar-refractivity contribution is 8.13. The van der Waals surface area contributed by atoms with Gasteiger partial charge in [0.05, 0.1) is 18.1 Å². The van der Waals surface area contributed by atoms with Gasteiger partial charge in [0.2, 0.25) is 5.12 Å². The number of allylic oxidation sites excluding steroid dienone is 4. The average Bonchev–Trinajstić information content (AvgIpc) is 3.13. The van der Waals surface area contributed by atoms with Gasteiger partial charge in [0.15, 0.2) is 22.8 Å². The number of carbonyl (C=O) groups is 2. The van der Waals surface area contributed by atoms with E-state index in [0.717, 1.165) is 0 Å². The van der Waals surface area contributed by atoms with Crippen molar-refractivity contribution in [2.24, 2.45) is 22.7 Å². The summed E-state index contributed by atoms with van der Waals surface area (Å²) in [6.45, 7) is 6.74. The quantitative estimate of drug-likeness (QED) is 0.581. The minimum Gasteiger partial charge on any atom is -0.390 e. The van der Waals surface area contributed by atoms with Crippen LogP contribution in [0.1, 0.15) is 53.4 Å². The molecule has 0 aromatic carbocycles. The first-order chi connectivity index (χ1) is 15.3.